The van der Waals surface area contributed by atoms with Gasteiger partial charge in [-0.2, -0.15) is 0 Å². The number of carbonyl (C=O) groups excluding carboxylic acids is 1. The molecule has 1 aromatic carbocycles. The van der Waals surface area contributed by atoms with Crippen LogP contribution in [0.3, 0.4) is 0 Å². The molecule has 1 fully saturated rings. The number of anilines is 1. The van der Waals surface area contributed by atoms with Crippen molar-refractivity contribution < 1.29 is 19.8 Å². The fraction of sp³-hybridized carbons (Fsp3) is 0. The second-order valence-electron chi connectivity index (χ2n) is 4.52. The first-order chi connectivity index (χ1) is 11.0. The first-order valence-corrected chi connectivity index (χ1v) is 8.43. The van der Waals surface area contributed by atoms with E-state index >= 15 is 0 Å². The van der Waals surface area contributed by atoms with Gasteiger partial charge < -0.3 is 10.2 Å². The molecule has 23 heavy (non-hydrogen) atoms. The number of nitrogens with zero attached hydrogens (tertiary/aromatic N) is 1. The van der Waals surface area contributed by atoms with E-state index in [1.165, 1.54) is 28.4 Å². The normalized spacial score (nSPS) is 16.3. The lowest BCUT2D eigenvalue weighted by Crippen LogP contribution is -2.27. The maximum absolute atomic E-state index is 12.5. The summed E-state index contributed by atoms with van der Waals surface area (Å²) in [5, 5.41) is 22.6. The van der Waals surface area contributed by atoms with Crippen LogP contribution < -0.4 is 10.0 Å². The molecule has 0 spiro atoms. The quantitative estimate of drug-likeness (QED) is 0.668. The summed E-state index contributed by atoms with van der Waals surface area (Å²) < 4.78 is 0.306. The lowest BCUT2D eigenvalue weighted by atomic mass is 10.1. The summed E-state index contributed by atoms with van der Waals surface area (Å²) in [6, 6.07) is 7.47. The number of rotatable bonds is 3. The van der Waals surface area contributed by atoms with E-state index in [2.05, 4.69) is 0 Å². The summed E-state index contributed by atoms with van der Waals surface area (Å²) in [5.74, 6) is -2.29. The number of hydrogen-bond donors (Lipinski definition) is 1. The van der Waals surface area contributed by atoms with E-state index in [1.807, 2.05) is 17.5 Å². The number of aromatic carboxylic acids is 1. The number of amides is 1. The third-order valence-corrected chi connectivity index (χ3v) is 5.19. The molecule has 0 radical (unpaired) electrons. The van der Waals surface area contributed by atoms with Crippen molar-refractivity contribution in [3.63, 3.8) is 0 Å². The van der Waals surface area contributed by atoms with Crippen molar-refractivity contribution >= 4 is 63.3 Å². The van der Waals surface area contributed by atoms with Crippen LogP contribution in [-0.2, 0) is 4.79 Å². The number of thiocarbonyl (C=S) groups is 1. The second kappa shape index (κ2) is 6.15. The van der Waals surface area contributed by atoms with E-state index in [0.29, 0.717) is 9.23 Å². The molecule has 0 atom stereocenters. The minimum atomic E-state index is -1.30. The van der Waals surface area contributed by atoms with Crippen molar-refractivity contribution in [1.82, 2.24) is 0 Å². The van der Waals surface area contributed by atoms with Crippen molar-refractivity contribution in [1.29, 1.82) is 0 Å². The first kappa shape index (κ1) is 15.7. The van der Waals surface area contributed by atoms with Crippen LogP contribution in [0.15, 0.2) is 40.6 Å². The zero-order valence-corrected chi connectivity index (χ0v) is 13.8. The van der Waals surface area contributed by atoms with Crippen LogP contribution in [0.25, 0.3) is 6.08 Å². The van der Waals surface area contributed by atoms with Gasteiger partial charge in [-0.3, -0.25) is 9.69 Å². The monoisotopic (exact) mass is 362 g/mol. The summed E-state index contributed by atoms with van der Waals surface area (Å²) in [5.41, 5.74) is -0.0644. The van der Waals surface area contributed by atoms with Crippen LogP contribution in [0.5, 0.6) is 5.75 Å². The minimum absolute atomic E-state index is 0.275. The molecule has 0 unspecified atom stereocenters. The van der Waals surface area contributed by atoms with Crippen LogP contribution in [0.4, 0.5) is 5.69 Å². The van der Waals surface area contributed by atoms with Gasteiger partial charge in [-0.15, -0.1) is 11.3 Å². The van der Waals surface area contributed by atoms with E-state index in [1.54, 1.807) is 6.08 Å². The molecule has 1 N–H and O–H groups in total. The molecular formula is C15H8NO4S3-. The fourth-order valence-electron chi connectivity index (χ4n) is 2.02. The summed E-state index contributed by atoms with van der Waals surface area (Å²) in [7, 11) is 0. The molecule has 1 aliphatic heterocycles. The Labute approximate surface area is 144 Å². The van der Waals surface area contributed by atoms with Crippen molar-refractivity contribution in [2.75, 3.05) is 4.90 Å². The maximum atomic E-state index is 12.5. The molecule has 2 heterocycles. The molecule has 1 amide bonds. The molecule has 1 aromatic heterocycles. The van der Waals surface area contributed by atoms with Crippen LogP contribution in [0.2, 0.25) is 0 Å². The van der Waals surface area contributed by atoms with Gasteiger partial charge in [0.1, 0.15) is 0 Å². The summed E-state index contributed by atoms with van der Waals surface area (Å²) in [6.07, 6.45) is 1.74. The van der Waals surface area contributed by atoms with Gasteiger partial charge in [-0.25, -0.2) is 4.79 Å². The number of hydrogen-bond acceptors (Lipinski definition) is 6. The molecular weight excluding hydrogens is 354 g/mol. The lowest BCUT2D eigenvalue weighted by molar-refractivity contribution is -0.268. The Balaban J connectivity index is 1.95. The van der Waals surface area contributed by atoms with Crippen LogP contribution >= 0.6 is 35.3 Å². The number of carbonyl (C=O) groups is 2. The number of thiophene rings is 1. The highest BCUT2D eigenvalue weighted by Crippen LogP contribution is 2.37. The number of carboxylic acid groups (broad SMARTS) is 1. The van der Waals surface area contributed by atoms with Crippen molar-refractivity contribution in [3.05, 3.63) is 51.1 Å². The van der Waals surface area contributed by atoms with Gasteiger partial charge in [0.05, 0.1) is 16.2 Å². The van der Waals surface area contributed by atoms with E-state index in [0.717, 1.165) is 22.7 Å². The van der Waals surface area contributed by atoms with Crippen molar-refractivity contribution in [2.24, 2.45) is 0 Å². The molecule has 0 saturated carbocycles. The Kier molecular flexibility index (Phi) is 4.20. The SMILES string of the molecule is O=C(O)c1ccc(N2C(=O)/C(=C\c3cccs3)SC2=S)cc1[O-]. The molecule has 1 aliphatic rings. The van der Waals surface area contributed by atoms with E-state index in [4.69, 9.17) is 17.3 Å². The van der Waals surface area contributed by atoms with Gasteiger partial charge in [0.15, 0.2) is 4.32 Å². The Morgan fingerprint density at radius 1 is 1.35 bits per heavy atom. The second-order valence-corrected chi connectivity index (χ2v) is 7.17. The Morgan fingerprint density at radius 3 is 2.74 bits per heavy atom. The average molecular weight is 362 g/mol. The van der Waals surface area contributed by atoms with Gasteiger partial charge in [-0.05, 0) is 35.7 Å². The highest BCUT2D eigenvalue weighted by atomic mass is 32.2. The predicted octanol–water partition coefficient (Wildman–Crippen LogP) is 2.93. The fourth-order valence-corrected chi connectivity index (χ4v) is 4.04. The first-order valence-electron chi connectivity index (χ1n) is 6.33. The van der Waals surface area contributed by atoms with E-state index < -0.39 is 11.7 Å². The summed E-state index contributed by atoms with van der Waals surface area (Å²) >= 11 is 7.86. The van der Waals surface area contributed by atoms with Gasteiger partial charge in [-0.1, -0.05) is 35.8 Å². The molecule has 116 valence electrons. The zero-order valence-electron chi connectivity index (χ0n) is 11.4. The Bertz CT molecular complexity index is 842. The average Bonchev–Trinajstić information content (AvgIpc) is 3.08. The largest absolute Gasteiger partial charge is 0.872 e. The molecule has 5 nitrogen and oxygen atoms in total. The predicted molar refractivity (Wildman–Crippen MR) is 92.8 cm³/mol. The molecule has 1 saturated heterocycles. The highest BCUT2D eigenvalue weighted by Gasteiger charge is 2.33. The molecule has 2 aromatic rings. The molecule has 3 rings (SSSR count). The van der Waals surface area contributed by atoms with Crippen molar-refractivity contribution in [2.45, 2.75) is 0 Å². The van der Waals surface area contributed by atoms with Gasteiger partial charge >= 0.3 is 5.97 Å². The maximum Gasteiger partial charge on any atom is 0.335 e. The number of thioether (sulfide) groups is 1. The standard InChI is InChI=1S/C15H9NO4S3/c17-11-6-8(3-4-10(11)14(19)20)16-13(18)12(23-15(16)21)7-9-2-1-5-22-9/h1-7,17H,(H,19,20)/p-1/b12-7+. The lowest BCUT2D eigenvalue weighted by Gasteiger charge is -2.18. The van der Waals surface area contributed by atoms with Crippen LogP contribution in [0.1, 0.15) is 15.2 Å². The van der Waals surface area contributed by atoms with E-state index in [-0.39, 0.29) is 17.2 Å². The minimum Gasteiger partial charge on any atom is -0.872 e. The highest BCUT2D eigenvalue weighted by molar-refractivity contribution is 8.27. The van der Waals surface area contributed by atoms with E-state index in [9.17, 15) is 14.7 Å². The molecule has 0 bridgehead atoms. The van der Waals surface area contributed by atoms with Gasteiger partial charge in [0, 0.05) is 4.88 Å². The Hall–Kier alpha value is -2.16. The van der Waals surface area contributed by atoms with Gasteiger partial charge in [0.25, 0.3) is 5.91 Å². The number of benzene rings is 1. The topological polar surface area (TPSA) is 80.7 Å². The number of carboxylic acids is 1. The van der Waals surface area contributed by atoms with Gasteiger partial charge in [0.2, 0.25) is 0 Å². The molecule has 0 aliphatic carbocycles. The smallest absolute Gasteiger partial charge is 0.335 e. The molecule has 8 heteroatoms. The zero-order chi connectivity index (χ0) is 16.6. The summed E-state index contributed by atoms with van der Waals surface area (Å²) in [6.45, 7) is 0. The third-order valence-electron chi connectivity index (χ3n) is 3.06. The van der Waals surface area contributed by atoms with Crippen LogP contribution in [0, 0.1) is 0 Å². The van der Waals surface area contributed by atoms with Crippen molar-refractivity contribution in [3.8, 4) is 5.75 Å². The summed E-state index contributed by atoms with van der Waals surface area (Å²) in [4.78, 5) is 26.0. The van der Waals surface area contributed by atoms with Crippen LogP contribution in [-0.4, -0.2) is 21.3 Å². The third kappa shape index (κ3) is 3.00. The Morgan fingerprint density at radius 2 is 2.13 bits per heavy atom.